The molecule has 3 heteroatoms. The SMILES string of the molecule is CCc1nn(C(C)C)c(CC)c1-c1ccccc1.[Pt]. The van der Waals surface area contributed by atoms with Crippen molar-refractivity contribution in [2.45, 2.75) is 46.6 Å². The van der Waals surface area contributed by atoms with Gasteiger partial charge in [-0.05, 0) is 32.3 Å². The zero-order valence-electron chi connectivity index (χ0n) is 12.1. The van der Waals surface area contributed by atoms with Crippen LogP contribution in [0.1, 0.15) is 45.1 Å². The van der Waals surface area contributed by atoms with E-state index in [-0.39, 0.29) is 21.1 Å². The Morgan fingerprint density at radius 1 is 1.05 bits per heavy atom. The van der Waals surface area contributed by atoms with E-state index >= 15 is 0 Å². The van der Waals surface area contributed by atoms with Crippen LogP contribution in [0.25, 0.3) is 11.1 Å². The smallest absolute Gasteiger partial charge is 0.0703 e. The second kappa shape index (κ2) is 7.05. The summed E-state index contributed by atoms with van der Waals surface area (Å²) in [6, 6.07) is 11.0. The van der Waals surface area contributed by atoms with Crippen LogP contribution in [0.3, 0.4) is 0 Å². The molecule has 0 aliphatic carbocycles. The third-order valence-corrected chi connectivity index (χ3v) is 3.30. The average Bonchev–Trinajstić information content (AvgIpc) is 2.78. The van der Waals surface area contributed by atoms with Crippen LogP contribution >= 0.6 is 0 Å². The molecular weight excluding hydrogens is 415 g/mol. The van der Waals surface area contributed by atoms with Crippen LogP contribution in [-0.4, -0.2) is 9.78 Å². The van der Waals surface area contributed by atoms with Crippen molar-refractivity contribution < 1.29 is 21.1 Å². The van der Waals surface area contributed by atoms with Crippen LogP contribution in [0.2, 0.25) is 0 Å². The maximum atomic E-state index is 4.79. The van der Waals surface area contributed by atoms with Gasteiger partial charge in [0.25, 0.3) is 0 Å². The maximum absolute atomic E-state index is 4.79. The summed E-state index contributed by atoms with van der Waals surface area (Å²) in [7, 11) is 0. The number of rotatable bonds is 4. The van der Waals surface area contributed by atoms with E-state index in [1.54, 1.807) is 0 Å². The van der Waals surface area contributed by atoms with Crippen LogP contribution in [-0.2, 0) is 33.9 Å². The van der Waals surface area contributed by atoms with Gasteiger partial charge in [0, 0.05) is 38.4 Å². The van der Waals surface area contributed by atoms with Crippen LogP contribution < -0.4 is 0 Å². The van der Waals surface area contributed by atoms with Gasteiger partial charge in [0.2, 0.25) is 0 Å². The topological polar surface area (TPSA) is 17.8 Å². The van der Waals surface area contributed by atoms with E-state index < -0.39 is 0 Å². The molecule has 0 N–H and O–H groups in total. The van der Waals surface area contributed by atoms with Crippen molar-refractivity contribution in [2.75, 3.05) is 0 Å². The minimum Gasteiger partial charge on any atom is -0.266 e. The standard InChI is InChI=1S/C16H22N2.Pt/c1-5-14-16(13-10-8-7-9-11-13)15(6-2)18(17-14)12(3)4;/h7-12H,5-6H2,1-4H3;. The molecule has 2 aromatic rings. The van der Waals surface area contributed by atoms with E-state index in [1.165, 1.54) is 22.5 Å². The van der Waals surface area contributed by atoms with Gasteiger partial charge in [-0.15, -0.1) is 0 Å². The molecule has 106 valence electrons. The molecule has 1 aromatic heterocycles. The quantitative estimate of drug-likeness (QED) is 0.699. The van der Waals surface area contributed by atoms with Gasteiger partial charge in [-0.3, -0.25) is 4.68 Å². The average molecular weight is 437 g/mol. The van der Waals surface area contributed by atoms with Crippen LogP contribution in [0.5, 0.6) is 0 Å². The molecule has 0 fully saturated rings. The zero-order chi connectivity index (χ0) is 13.1. The molecule has 1 heterocycles. The molecule has 2 nitrogen and oxygen atoms in total. The minimum absolute atomic E-state index is 0. The second-order valence-corrected chi connectivity index (χ2v) is 4.88. The number of aromatic nitrogens is 2. The first-order valence-electron chi connectivity index (χ1n) is 6.84. The van der Waals surface area contributed by atoms with Crippen molar-refractivity contribution >= 4 is 0 Å². The van der Waals surface area contributed by atoms with Gasteiger partial charge in [-0.1, -0.05) is 44.2 Å². The Hall–Kier alpha value is -0.882. The molecule has 2 rings (SSSR count). The summed E-state index contributed by atoms with van der Waals surface area (Å²) in [4.78, 5) is 0. The monoisotopic (exact) mass is 437 g/mol. The molecule has 0 aliphatic heterocycles. The van der Waals surface area contributed by atoms with Crippen molar-refractivity contribution in [3.8, 4) is 11.1 Å². The van der Waals surface area contributed by atoms with Crippen molar-refractivity contribution in [3.05, 3.63) is 41.7 Å². The van der Waals surface area contributed by atoms with E-state index in [4.69, 9.17) is 5.10 Å². The van der Waals surface area contributed by atoms with Gasteiger partial charge in [0.1, 0.15) is 0 Å². The van der Waals surface area contributed by atoms with E-state index in [0.29, 0.717) is 6.04 Å². The van der Waals surface area contributed by atoms with Gasteiger partial charge in [-0.25, -0.2) is 0 Å². The Morgan fingerprint density at radius 3 is 2.16 bits per heavy atom. The Bertz CT molecular complexity index is 515. The largest absolute Gasteiger partial charge is 0.266 e. The second-order valence-electron chi connectivity index (χ2n) is 4.88. The predicted molar refractivity (Wildman–Crippen MR) is 76.8 cm³/mol. The first-order chi connectivity index (χ1) is 8.69. The summed E-state index contributed by atoms with van der Waals surface area (Å²) < 4.78 is 2.18. The van der Waals surface area contributed by atoms with Crippen molar-refractivity contribution in [2.24, 2.45) is 0 Å². The number of nitrogens with zero attached hydrogens (tertiary/aromatic N) is 2. The maximum Gasteiger partial charge on any atom is 0.0703 e. The van der Waals surface area contributed by atoms with Crippen LogP contribution in [0, 0.1) is 0 Å². The molecule has 0 amide bonds. The molecule has 0 aliphatic rings. The summed E-state index contributed by atoms with van der Waals surface area (Å²) >= 11 is 0. The van der Waals surface area contributed by atoms with Crippen molar-refractivity contribution in [3.63, 3.8) is 0 Å². The van der Waals surface area contributed by atoms with E-state index in [9.17, 15) is 0 Å². The first-order valence-corrected chi connectivity index (χ1v) is 6.84. The van der Waals surface area contributed by atoms with Gasteiger partial charge in [-0.2, -0.15) is 5.10 Å². The number of aryl methyl sites for hydroxylation is 1. The normalized spacial score (nSPS) is 10.6. The minimum atomic E-state index is 0. The summed E-state index contributed by atoms with van der Waals surface area (Å²) in [6.07, 6.45) is 2.01. The summed E-state index contributed by atoms with van der Waals surface area (Å²) in [5.74, 6) is 0. The van der Waals surface area contributed by atoms with Crippen molar-refractivity contribution in [1.29, 1.82) is 0 Å². The third kappa shape index (κ3) is 3.17. The fraction of sp³-hybridized carbons (Fsp3) is 0.438. The molecule has 0 saturated heterocycles. The number of hydrogen-bond donors (Lipinski definition) is 0. The Labute approximate surface area is 130 Å². The van der Waals surface area contributed by atoms with Crippen LogP contribution in [0.4, 0.5) is 0 Å². The fourth-order valence-corrected chi connectivity index (χ4v) is 2.47. The van der Waals surface area contributed by atoms with Gasteiger partial charge < -0.3 is 0 Å². The molecule has 0 radical (unpaired) electrons. The molecular formula is C16H22N2Pt. The number of hydrogen-bond acceptors (Lipinski definition) is 1. The third-order valence-electron chi connectivity index (χ3n) is 3.30. The van der Waals surface area contributed by atoms with Gasteiger partial charge in [0.05, 0.1) is 5.69 Å². The molecule has 0 saturated carbocycles. The van der Waals surface area contributed by atoms with E-state index in [0.717, 1.165) is 12.8 Å². The Morgan fingerprint density at radius 2 is 1.68 bits per heavy atom. The summed E-state index contributed by atoms with van der Waals surface area (Å²) in [5.41, 5.74) is 5.20. The van der Waals surface area contributed by atoms with Gasteiger partial charge >= 0.3 is 0 Å². The molecule has 0 unspecified atom stereocenters. The first kappa shape index (κ1) is 16.2. The summed E-state index contributed by atoms with van der Waals surface area (Å²) in [5, 5.41) is 4.79. The van der Waals surface area contributed by atoms with Crippen LogP contribution in [0.15, 0.2) is 30.3 Å². The molecule has 0 spiro atoms. The van der Waals surface area contributed by atoms with Gasteiger partial charge in [0.15, 0.2) is 0 Å². The molecule has 0 bridgehead atoms. The van der Waals surface area contributed by atoms with Crippen molar-refractivity contribution in [1.82, 2.24) is 9.78 Å². The number of benzene rings is 1. The Kier molecular flexibility index (Phi) is 6.00. The molecule has 19 heavy (non-hydrogen) atoms. The van der Waals surface area contributed by atoms with E-state index in [2.05, 4.69) is 62.7 Å². The fourth-order valence-electron chi connectivity index (χ4n) is 2.47. The molecule has 1 aromatic carbocycles. The predicted octanol–water partition coefficient (Wildman–Crippen LogP) is 4.25. The molecule has 0 atom stereocenters. The zero-order valence-corrected chi connectivity index (χ0v) is 14.4. The summed E-state index contributed by atoms with van der Waals surface area (Å²) in [6.45, 7) is 8.78. The Balaban J connectivity index is 0.00000180. The van der Waals surface area contributed by atoms with E-state index in [1.807, 2.05) is 0 Å².